The number of alkyl halides is 3. The zero-order valence-corrected chi connectivity index (χ0v) is 15.2. The highest BCUT2D eigenvalue weighted by molar-refractivity contribution is 6.08. The molecule has 5 nitrogen and oxygen atoms in total. The minimum Gasteiger partial charge on any atom is -0.465 e. The highest BCUT2D eigenvalue weighted by Crippen LogP contribution is 2.35. The molecule has 1 heterocycles. The average Bonchev–Trinajstić information content (AvgIpc) is 2.73. The van der Waals surface area contributed by atoms with Crippen LogP contribution in [0.5, 0.6) is 0 Å². The molecule has 0 fully saturated rings. The van der Waals surface area contributed by atoms with Gasteiger partial charge >= 0.3 is 12.1 Å². The molecule has 29 heavy (non-hydrogen) atoms. The quantitative estimate of drug-likeness (QED) is 0.639. The van der Waals surface area contributed by atoms with Crippen LogP contribution in [0.2, 0.25) is 0 Å². The van der Waals surface area contributed by atoms with Crippen molar-refractivity contribution in [1.82, 2.24) is 4.98 Å². The van der Waals surface area contributed by atoms with Crippen LogP contribution in [0, 0.1) is 0 Å². The number of esters is 1. The van der Waals surface area contributed by atoms with Crippen molar-refractivity contribution in [2.24, 2.45) is 0 Å². The van der Waals surface area contributed by atoms with Crippen LogP contribution in [0.3, 0.4) is 0 Å². The lowest BCUT2D eigenvalue weighted by Crippen LogP contribution is -2.15. The second-order valence-corrected chi connectivity index (χ2v) is 5.96. The molecular weight excluding hydrogens is 385 g/mol. The summed E-state index contributed by atoms with van der Waals surface area (Å²) < 4.78 is 43.4. The first-order valence-corrected chi connectivity index (χ1v) is 8.42. The van der Waals surface area contributed by atoms with E-state index in [0.29, 0.717) is 5.56 Å². The van der Waals surface area contributed by atoms with Gasteiger partial charge in [0.15, 0.2) is 0 Å². The third-order valence-electron chi connectivity index (χ3n) is 4.12. The first-order chi connectivity index (χ1) is 13.8. The maximum Gasteiger partial charge on any atom is 0.416 e. The fourth-order valence-corrected chi connectivity index (χ4v) is 2.76. The van der Waals surface area contributed by atoms with Crippen molar-refractivity contribution < 1.29 is 27.5 Å². The number of ether oxygens (including phenoxy) is 1. The van der Waals surface area contributed by atoms with Gasteiger partial charge in [-0.25, -0.2) is 4.79 Å². The number of anilines is 1. The predicted octanol–water partition coefficient (Wildman–Crippen LogP) is 4.81. The summed E-state index contributed by atoms with van der Waals surface area (Å²) in [5, 5.41) is 2.66. The van der Waals surface area contributed by atoms with E-state index in [1.165, 1.54) is 43.6 Å². The Hall–Kier alpha value is -3.68. The number of nitrogens with zero attached hydrogens (tertiary/aromatic N) is 1. The Balaban J connectivity index is 2.08. The van der Waals surface area contributed by atoms with Gasteiger partial charge in [0, 0.05) is 17.4 Å². The van der Waals surface area contributed by atoms with Crippen molar-refractivity contribution in [3.05, 3.63) is 83.7 Å². The highest BCUT2D eigenvalue weighted by atomic mass is 19.4. The SMILES string of the molecule is COC(=O)c1cccc(NC(=O)c2ccccn2)c1-c1ccc(C(F)(F)F)cc1. The van der Waals surface area contributed by atoms with E-state index in [2.05, 4.69) is 10.3 Å². The molecule has 1 amide bonds. The molecule has 3 aromatic rings. The predicted molar refractivity (Wildman–Crippen MR) is 100 cm³/mol. The summed E-state index contributed by atoms with van der Waals surface area (Å²) >= 11 is 0. The van der Waals surface area contributed by atoms with Crippen molar-refractivity contribution in [3.63, 3.8) is 0 Å². The van der Waals surface area contributed by atoms with Gasteiger partial charge in [-0.3, -0.25) is 9.78 Å². The van der Waals surface area contributed by atoms with Gasteiger partial charge < -0.3 is 10.1 Å². The molecule has 148 valence electrons. The van der Waals surface area contributed by atoms with Gasteiger partial charge in [-0.15, -0.1) is 0 Å². The molecular formula is C21H15F3N2O3. The largest absolute Gasteiger partial charge is 0.465 e. The molecule has 0 saturated carbocycles. The zero-order valence-electron chi connectivity index (χ0n) is 15.2. The summed E-state index contributed by atoms with van der Waals surface area (Å²) in [6, 6.07) is 13.6. The number of amides is 1. The summed E-state index contributed by atoms with van der Waals surface area (Å²) in [7, 11) is 1.19. The number of pyridine rings is 1. The molecule has 0 aliphatic rings. The number of hydrogen-bond acceptors (Lipinski definition) is 4. The minimum absolute atomic E-state index is 0.103. The molecule has 0 radical (unpaired) electrons. The number of carbonyl (C=O) groups is 2. The van der Waals surface area contributed by atoms with Gasteiger partial charge in [-0.1, -0.05) is 24.3 Å². The van der Waals surface area contributed by atoms with Gasteiger partial charge in [0.25, 0.3) is 5.91 Å². The average molecular weight is 400 g/mol. The fourth-order valence-electron chi connectivity index (χ4n) is 2.76. The number of methoxy groups -OCH3 is 1. The maximum absolute atomic E-state index is 12.9. The number of rotatable bonds is 4. The molecule has 0 aliphatic heterocycles. The van der Waals surface area contributed by atoms with Crippen LogP contribution in [0.4, 0.5) is 18.9 Å². The number of carbonyl (C=O) groups excluding carboxylic acids is 2. The third-order valence-corrected chi connectivity index (χ3v) is 4.12. The van der Waals surface area contributed by atoms with E-state index in [-0.39, 0.29) is 22.5 Å². The normalized spacial score (nSPS) is 11.0. The van der Waals surface area contributed by atoms with Crippen molar-refractivity contribution in [1.29, 1.82) is 0 Å². The second kappa shape index (κ2) is 8.14. The van der Waals surface area contributed by atoms with E-state index in [4.69, 9.17) is 4.74 Å². The molecule has 0 saturated heterocycles. The van der Waals surface area contributed by atoms with Gasteiger partial charge in [0.05, 0.1) is 18.2 Å². The summed E-state index contributed by atoms with van der Waals surface area (Å²) in [6.45, 7) is 0. The summed E-state index contributed by atoms with van der Waals surface area (Å²) in [4.78, 5) is 28.7. The van der Waals surface area contributed by atoms with Crippen LogP contribution >= 0.6 is 0 Å². The van der Waals surface area contributed by atoms with E-state index >= 15 is 0 Å². The Morgan fingerprint density at radius 3 is 2.28 bits per heavy atom. The van der Waals surface area contributed by atoms with Crippen LogP contribution < -0.4 is 5.32 Å². The Morgan fingerprint density at radius 1 is 0.966 bits per heavy atom. The number of hydrogen-bond donors (Lipinski definition) is 1. The van der Waals surface area contributed by atoms with E-state index in [1.807, 2.05) is 0 Å². The molecule has 1 N–H and O–H groups in total. The van der Waals surface area contributed by atoms with Crippen molar-refractivity contribution in [3.8, 4) is 11.1 Å². The van der Waals surface area contributed by atoms with Gasteiger partial charge in [-0.05, 0) is 42.0 Å². The van der Waals surface area contributed by atoms with Gasteiger partial charge in [0.1, 0.15) is 5.69 Å². The van der Waals surface area contributed by atoms with Crippen LogP contribution in [-0.4, -0.2) is 24.0 Å². The monoisotopic (exact) mass is 400 g/mol. The lowest BCUT2D eigenvalue weighted by Gasteiger charge is -2.16. The molecule has 2 aromatic carbocycles. The standard InChI is InChI=1S/C21H15F3N2O3/c1-29-20(28)15-5-4-7-16(26-19(27)17-6-2-3-12-25-17)18(15)13-8-10-14(11-9-13)21(22,23)24/h2-12H,1H3,(H,26,27). The number of halogens is 3. The fraction of sp³-hybridized carbons (Fsp3) is 0.0952. The smallest absolute Gasteiger partial charge is 0.416 e. The lowest BCUT2D eigenvalue weighted by atomic mass is 9.96. The first kappa shape index (κ1) is 20.1. The Morgan fingerprint density at radius 2 is 1.69 bits per heavy atom. The molecule has 0 unspecified atom stereocenters. The van der Waals surface area contributed by atoms with Crippen LogP contribution in [-0.2, 0) is 10.9 Å². The van der Waals surface area contributed by atoms with E-state index in [0.717, 1.165) is 12.1 Å². The molecule has 0 spiro atoms. The van der Waals surface area contributed by atoms with Crippen LogP contribution in [0.1, 0.15) is 26.4 Å². The van der Waals surface area contributed by atoms with E-state index < -0.39 is 23.6 Å². The van der Waals surface area contributed by atoms with Gasteiger partial charge in [-0.2, -0.15) is 13.2 Å². The number of benzene rings is 2. The summed E-state index contributed by atoms with van der Waals surface area (Å²) in [5.41, 5.74) is 0.229. The molecule has 0 aliphatic carbocycles. The molecule has 8 heteroatoms. The number of nitrogens with one attached hydrogen (secondary N) is 1. The van der Waals surface area contributed by atoms with E-state index in [9.17, 15) is 22.8 Å². The Kier molecular flexibility index (Phi) is 5.63. The van der Waals surface area contributed by atoms with Crippen LogP contribution in [0.15, 0.2) is 66.9 Å². The number of aromatic nitrogens is 1. The van der Waals surface area contributed by atoms with Crippen molar-refractivity contribution in [2.45, 2.75) is 6.18 Å². The Bertz CT molecular complexity index is 1030. The third kappa shape index (κ3) is 4.43. The molecule has 0 bridgehead atoms. The van der Waals surface area contributed by atoms with Crippen LogP contribution in [0.25, 0.3) is 11.1 Å². The maximum atomic E-state index is 12.9. The molecule has 1 aromatic heterocycles. The molecule has 0 atom stereocenters. The zero-order chi connectivity index (χ0) is 21.0. The van der Waals surface area contributed by atoms with E-state index in [1.54, 1.807) is 18.2 Å². The topological polar surface area (TPSA) is 68.3 Å². The van der Waals surface area contributed by atoms with Gasteiger partial charge in [0.2, 0.25) is 0 Å². The minimum atomic E-state index is -4.49. The first-order valence-electron chi connectivity index (χ1n) is 8.42. The lowest BCUT2D eigenvalue weighted by molar-refractivity contribution is -0.137. The van der Waals surface area contributed by atoms with Crippen molar-refractivity contribution >= 4 is 17.6 Å². The van der Waals surface area contributed by atoms with Crippen molar-refractivity contribution in [2.75, 3.05) is 12.4 Å². The Labute approximate surface area is 164 Å². The molecule has 3 rings (SSSR count). The second-order valence-electron chi connectivity index (χ2n) is 5.96. The summed E-state index contributed by atoms with van der Waals surface area (Å²) in [6.07, 6.45) is -3.03. The summed E-state index contributed by atoms with van der Waals surface area (Å²) in [5.74, 6) is -1.21. The highest BCUT2D eigenvalue weighted by Gasteiger charge is 2.30.